The van der Waals surface area contributed by atoms with Crippen LogP contribution in [0.5, 0.6) is 0 Å². The highest BCUT2D eigenvalue weighted by molar-refractivity contribution is 7.99. The lowest BCUT2D eigenvalue weighted by Gasteiger charge is -1.97. The van der Waals surface area contributed by atoms with E-state index in [0.717, 1.165) is 17.3 Å². The van der Waals surface area contributed by atoms with Crippen LogP contribution in [0.25, 0.3) is 11.5 Å². The fourth-order valence-electron chi connectivity index (χ4n) is 1.76. The van der Waals surface area contributed by atoms with Crippen molar-refractivity contribution in [3.63, 3.8) is 0 Å². The maximum Gasteiger partial charge on any atom is 0.305 e. The molecule has 0 bridgehead atoms. The summed E-state index contributed by atoms with van der Waals surface area (Å²) >= 11 is 1.03. The van der Waals surface area contributed by atoms with Gasteiger partial charge in [0.25, 0.3) is 5.22 Å². The van der Waals surface area contributed by atoms with Crippen molar-refractivity contribution < 1.29 is 9.34 Å². The third-order valence-corrected chi connectivity index (χ3v) is 3.55. The topological polar surface area (TPSA) is 119 Å². The highest BCUT2D eigenvalue weighted by Crippen LogP contribution is 2.29. The molecule has 0 aliphatic rings. The number of hydrogen-bond acceptors (Lipinski definition) is 8. The lowest BCUT2D eigenvalue weighted by atomic mass is 10.2. The van der Waals surface area contributed by atoms with Crippen molar-refractivity contribution in [2.75, 3.05) is 0 Å². The van der Waals surface area contributed by atoms with Crippen molar-refractivity contribution >= 4 is 17.4 Å². The zero-order valence-electron chi connectivity index (χ0n) is 11.4. The van der Waals surface area contributed by atoms with Crippen LogP contribution in [0.2, 0.25) is 0 Å². The van der Waals surface area contributed by atoms with E-state index < -0.39 is 4.92 Å². The zero-order chi connectivity index (χ0) is 16.2. The number of nitriles is 1. The normalized spacial score (nSPS) is 10.2. The van der Waals surface area contributed by atoms with Gasteiger partial charge < -0.3 is 4.42 Å². The van der Waals surface area contributed by atoms with Gasteiger partial charge in [-0.25, -0.2) is 4.98 Å². The monoisotopic (exact) mass is 325 g/mol. The van der Waals surface area contributed by atoms with Crippen molar-refractivity contribution in [3.05, 3.63) is 58.3 Å². The second kappa shape index (κ2) is 6.25. The van der Waals surface area contributed by atoms with Gasteiger partial charge in [0.15, 0.2) is 0 Å². The summed E-state index contributed by atoms with van der Waals surface area (Å²) in [5.74, 6) is 0.357. The van der Waals surface area contributed by atoms with Gasteiger partial charge in [0.1, 0.15) is 11.1 Å². The third kappa shape index (κ3) is 3.17. The van der Waals surface area contributed by atoms with Crippen molar-refractivity contribution in [2.45, 2.75) is 10.2 Å². The standard InChI is InChI=1S/C14H7N5O3S/c15-8-10-11(19(20)21)6-7-12(16-10)23-14-18-17-13(22-14)9-4-2-1-3-5-9/h1-7H. The van der Waals surface area contributed by atoms with E-state index in [1.165, 1.54) is 12.1 Å². The fourth-order valence-corrected chi connectivity index (χ4v) is 2.41. The summed E-state index contributed by atoms with van der Waals surface area (Å²) in [4.78, 5) is 14.0. The summed E-state index contributed by atoms with van der Waals surface area (Å²) in [5.41, 5.74) is 0.177. The molecule has 9 heteroatoms. The number of rotatable bonds is 4. The van der Waals surface area contributed by atoms with Crippen molar-refractivity contribution in [2.24, 2.45) is 0 Å². The molecular formula is C14H7N5O3S. The third-order valence-electron chi connectivity index (χ3n) is 2.77. The molecular weight excluding hydrogens is 318 g/mol. The molecule has 0 aliphatic heterocycles. The van der Waals surface area contributed by atoms with Crippen LogP contribution in [0.1, 0.15) is 5.69 Å². The quantitative estimate of drug-likeness (QED) is 0.530. The number of aromatic nitrogens is 3. The van der Waals surface area contributed by atoms with Gasteiger partial charge in [0.2, 0.25) is 11.6 Å². The SMILES string of the molecule is N#Cc1nc(Sc2nnc(-c3ccccc3)o2)ccc1[N+](=O)[O-]. The molecule has 0 saturated heterocycles. The first-order valence-electron chi connectivity index (χ1n) is 6.29. The van der Waals surface area contributed by atoms with E-state index in [1.807, 2.05) is 30.3 Å². The minimum atomic E-state index is -0.653. The summed E-state index contributed by atoms with van der Waals surface area (Å²) in [6.45, 7) is 0. The Balaban J connectivity index is 1.85. The van der Waals surface area contributed by atoms with Crippen LogP contribution in [0.4, 0.5) is 5.69 Å². The molecule has 112 valence electrons. The summed E-state index contributed by atoms with van der Waals surface area (Å²) in [6.07, 6.45) is 0. The lowest BCUT2D eigenvalue weighted by Crippen LogP contribution is -1.95. The summed E-state index contributed by atoms with van der Waals surface area (Å²) in [6, 6.07) is 13.6. The average molecular weight is 325 g/mol. The Hall–Kier alpha value is -3.25. The Kier molecular flexibility index (Phi) is 3.99. The summed E-state index contributed by atoms with van der Waals surface area (Å²) < 4.78 is 5.51. The Morgan fingerprint density at radius 1 is 1.17 bits per heavy atom. The first kappa shape index (κ1) is 14.7. The first-order valence-corrected chi connectivity index (χ1v) is 7.11. The number of nitrogens with zero attached hydrogens (tertiary/aromatic N) is 5. The summed E-state index contributed by atoms with van der Waals surface area (Å²) in [7, 11) is 0. The van der Waals surface area contributed by atoms with Crippen LogP contribution in [0, 0.1) is 21.4 Å². The van der Waals surface area contributed by atoms with Crippen LogP contribution in [-0.4, -0.2) is 20.1 Å². The fraction of sp³-hybridized carbons (Fsp3) is 0. The molecule has 8 nitrogen and oxygen atoms in total. The minimum absolute atomic E-state index is 0.231. The number of hydrogen-bond donors (Lipinski definition) is 0. The highest BCUT2D eigenvalue weighted by atomic mass is 32.2. The first-order chi connectivity index (χ1) is 11.2. The van der Waals surface area contributed by atoms with E-state index >= 15 is 0 Å². The maximum atomic E-state index is 10.8. The highest BCUT2D eigenvalue weighted by Gasteiger charge is 2.17. The van der Waals surface area contributed by atoms with Gasteiger partial charge in [-0.05, 0) is 30.0 Å². The second-order valence-electron chi connectivity index (χ2n) is 4.23. The van der Waals surface area contributed by atoms with E-state index in [0.29, 0.717) is 10.9 Å². The van der Waals surface area contributed by atoms with Crippen molar-refractivity contribution in [1.82, 2.24) is 15.2 Å². The second-order valence-corrected chi connectivity index (χ2v) is 5.20. The Morgan fingerprint density at radius 3 is 2.65 bits per heavy atom. The van der Waals surface area contributed by atoms with E-state index in [4.69, 9.17) is 9.68 Å². The van der Waals surface area contributed by atoms with E-state index in [2.05, 4.69) is 15.2 Å². The Morgan fingerprint density at radius 2 is 1.96 bits per heavy atom. The molecule has 2 aromatic heterocycles. The molecule has 0 atom stereocenters. The molecule has 2 heterocycles. The smallest absolute Gasteiger partial charge is 0.305 e. The zero-order valence-corrected chi connectivity index (χ0v) is 12.2. The van der Waals surface area contributed by atoms with Gasteiger partial charge in [-0.3, -0.25) is 10.1 Å². The maximum absolute atomic E-state index is 10.8. The molecule has 0 aliphatic carbocycles. The van der Waals surface area contributed by atoms with Gasteiger partial charge in [-0.2, -0.15) is 5.26 Å². The Bertz CT molecular complexity index is 904. The largest absolute Gasteiger partial charge is 0.411 e. The van der Waals surface area contributed by atoms with Gasteiger partial charge in [0.05, 0.1) is 4.92 Å². The minimum Gasteiger partial charge on any atom is -0.411 e. The van der Waals surface area contributed by atoms with Crippen LogP contribution >= 0.6 is 11.8 Å². The van der Waals surface area contributed by atoms with Gasteiger partial charge >= 0.3 is 5.69 Å². The summed E-state index contributed by atoms with van der Waals surface area (Å²) in [5, 5.41) is 28.1. The van der Waals surface area contributed by atoms with E-state index in [1.54, 1.807) is 6.07 Å². The molecule has 0 amide bonds. The predicted molar refractivity (Wildman–Crippen MR) is 79.5 cm³/mol. The van der Waals surface area contributed by atoms with E-state index in [9.17, 15) is 10.1 Å². The molecule has 0 saturated carbocycles. The molecule has 0 fully saturated rings. The molecule has 0 spiro atoms. The molecule has 3 aromatic rings. The predicted octanol–water partition coefficient (Wildman–Crippen LogP) is 3.06. The molecule has 0 unspecified atom stereocenters. The molecule has 23 heavy (non-hydrogen) atoms. The van der Waals surface area contributed by atoms with Crippen LogP contribution in [0.15, 0.2) is 57.1 Å². The van der Waals surface area contributed by atoms with Gasteiger partial charge in [0, 0.05) is 11.6 Å². The van der Waals surface area contributed by atoms with Crippen LogP contribution < -0.4 is 0 Å². The molecule has 1 aromatic carbocycles. The molecule has 0 radical (unpaired) electrons. The number of benzene rings is 1. The van der Waals surface area contributed by atoms with Gasteiger partial charge in [-0.15, -0.1) is 10.2 Å². The molecule has 0 N–H and O–H groups in total. The number of pyridine rings is 1. The van der Waals surface area contributed by atoms with Crippen molar-refractivity contribution in [1.29, 1.82) is 5.26 Å². The van der Waals surface area contributed by atoms with Gasteiger partial charge in [-0.1, -0.05) is 18.2 Å². The number of nitro groups is 1. The van der Waals surface area contributed by atoms with Crippen molar-refractivity contribution in [3.8, 4) is 17.5 Å². The Labute approximate surface area is 134 Å². The average Bonchev–Trinajstić information content (AvgIpc) is 3.04. The molecule has 3 rings (SSSR count). The van der Waals surface area contributed by atoms with Crippen LogP contribution in [0.3, 0.4) is 0 Å². The lowest BCUT2D eigenvalue weighted by molar-refractivity contribution is -0.385. The van der Waals surface area contributed by atoms with E-state index in [-0.39, 0.29) is 16.6 Å². The van der Waals surface area contributed by atoms with Crippen LogP contribution in [-0.2, 0) is 0 Å².